The molecule has 0 radical (unpaired) electrons. The molecule has 1 unspecified atom stereocenters. The monoisotopic (exact) mass is 194 g/mol. The van der Waals surface area contributed by atoms with Crippen molar-refractivity contribution in [2.75, 3.05) is 40.1 Å². The topological polar surface area (TPSA) is 43.8 Å². The highest BCUT2D eigenvalue weighted by Crippen LogP contribution is 1.90. The molecule has 0 rings (SSSR count). The molecule has 0 aliphatic carbocycles. The summed E-state index contributed by atoms with van der Waals surface area (Å²) in [6.45, 7) is 1.75. The minimum absolute atomic E-state index is 0.373. The minimum atomic E-state index is -1.63. The summed E-state index contributed by atoms with van der Waals surface area (Å²) >= 11 is -1.63. The van der Waals surface area contributed by atoms with Gasteiger partial charge in [-0.3, -0.25) is 9.80 Å². The second-order valence-electron chi connectivity index (χ2n) is 3.18. The largest absolute Gasteiger partial charge is 0.306 e. The second kappa shape index (κ2) is 6.54. The van der Waals surface area contributed by atoms with Gasteiger partial charge in [0.2, 0.25) is 0 Å². The summed E-state index contributed by atoms with van der Waals surface area (Å²) in [5.74, 6) is 0.373. The van der Waals surface area contributed by atoms with Crippen LogP contribution in [-0.4, -0.2) is 58.7 Å². The van der Waals surface area contributed by atoms with Crippen molar-refractivity contribution in [1.29, 1.82) is 0 Å². The fourth-order valence-corrected chi connectivity index (χ4v) is 1.39. The van der Waals surface area contributed by atoms with E-state index in [9.17, 15) is 4.21 Å². The smallest absolute Gasteiger partial charge is 0.152 e. The highest BCUT2D eigenvalue weighted by Gasteiger charge is 2.00. The summed E-state index contributed by atoms with van der Waals surface area (Å²) in [6.07, 6.45) is 0.771. The summed E-state index contributed by atoms with van der Waals surface area (Å²) in [7, 11) is 6.00. The number of nitrogens with zero attached hydrogens (tertiary/aromatic N) is 2. The van der Waals surface area contributed by atoms with Crippen molar-refractivity contribution >= 4 is 11.1 Å². The van der Waals surface area contributed by atoms with E-state index in [0.717, 1.165) is 19.6 Å². The van der Waals surface area contributed by atoms with Crippen LogP contribution in [0.5, 0.6) is 0 Å². The Labute approximate surface area is 76.8 Å². The van der Waals surface area contributed by atoms with Gasteiger partial charge in [0.1, 0.15) is 0 Å². The molecule has 0 bridgehead atoms. The van der Waals surface area contributed by atoms with Crippen molar-refractivity contribution in [3.63, 3.8) is 0 Å². The van der Waals surface area contributed by atoms with E-state index in [0.29, 0.717) is 5.75 Å². The maximum absolute atomic E-state index is 10.3. The summed E-state index contributed by atoms with van der Waals surface area (Å²) < 4.78 is 18.8. The van der Waals surface area contributed by atoms with E-state index in [1.165, 1.54) is 0 Å². The molecule has 0 aliphatic heterocycles. The van der Waals surface area contributed by atoms with Crippen LogP contribution in [0.3, 0.4) is 0 Å². The van der Waals surface area contributed by atoms with Gasteiger partial charge < -0.3 is 4.55 Å². The van der Waals surface area contributed by atoms with Gasteiger partial charge in [0.25, 0.3) is 0 Å². The van der Waals surface area contributed by atoms with Crippen molar-refractivity contribution in [2.24, 2.45) is 0 Å². The second-order valence-corrected chi connectivity index (χ2v) is 4.23. The quantitative estimate of drug-likeness (QED) is 0.479. The first-order chi connectivity index (χ1) is 5.52. The lowest BCUT2D eigenvalue weighted by molar-refractivity contribution is 0.211. The van der Waals surface area contributed by atoms with Gasteiger partial charge in [0.15, 0.2) is 11.1 Å². The summed E-state index contributed by atoms with van der Waals surface area (Å²) in [4.78, 5) is 4.18. The molecule has 1 N–H and O–H groups in total. The van der Waals surface area contributed by atoms with Gasteiger partial charge in [-0.05, 0) is 27.6 Å². The van der Waals surface area contributed by atoms with Crippen LogP contribution in [0.15, 0.2) is 0 Å². The number of rotatable bonds is 6. The van der Waals surface area contributed by atoms with Gasteiger partial charge in [0, 0.05) is 13.2 Å². The highest BCUT2D eigenvalue weighted by molar-refractivity contribution is 7.79. The molecule has 0 aromatic rings. The molecule has 0 fully saturated rings. The van der Waals surface area contributed by atoms with Crippen molar-refractivity contribution in [1.82, 2.24) is 9.80 Å². The van der Waals surface area contributed by atoms with Gasteiger partial charge in [-0.25, -0.2) is 4.21 Å². The van der Waals surface area contributed by atoms with E-state index in [1.54, 1.807) is 0 Å². The number of hydrogen-bond donors (Lipinski definition) is 1. The molecule has 0 amide bonds. The molecule has 5 heteroatoms. The van der Waals surface area contributed by atoms with E-state index < -0.39 is 11.1 Å². The van der Waals surface area contributed by atoms with E-state index in [-0.39, 0.29) is 0 Å². The summed E-state index contributed by atoms with van der Waals surface area (Å²) in [5.41, 5.74) is 0. The maximum Gasteiger partial charge on any atom is 0.152 e. The summed E-state index contributed by atoms with van der Waals surface area (Å²) in [5, 5.41) is 0. The lowest BCUT2D eigenvalue weighted by Gasteiger charge is -2.20. The molecule has 0 spiro atoms. The lowest BCUT2D eigenvalue weighted by Crippen LogP contribution is -2.31. The van der Waals surface area contributed by atoms with Crippen LogP contribution in [-0.2, 0) is 11.1 Å². The first kappa shape index (κ1) is 12.0. The minimum Gasteiger partial charge on any atom is -0.306 e. The van der Waals surface area contributed by atoms with Crippen LogP contribution >= 0.6 is 0 Å². The third-order valence-electron chi connectivity index (χ3n) is 1.38. The molecule has 0 saturated heterocycles. The van der Waals surface area contributed by atoms with Gasteiger partial charge in [-0.15, -0.1) is 0 Å². The number of hydrogen-bond acceptors (Lipinski definition) is 3. The lowest BCUT2D eigenvalue weighted by atomic mass is 10.4. The maximum atomic E-state index is 10.3. The van der Waals surface area contributed by atoms with Crippen LogP contribution in [0.1, 0.15) is 6.42 Å². The van der Waals surface area contributed by atoms with Gasteiger partial charge >= 0.3 is 0 Å². The first-order valence-corrected chi connectivity index (χ1v) is 5.20. The zero-order chi connectivity index (χ0) is 9.56. The van der Waals surface area contributed by atoms with Gasteiger partial charge in [-0.1, -0.05) is 0 Å². The molecule has 0 aliphatic rings. The third kappa shape index (κ3) is 8.13. The SMILES string of the molecule is CN(C)CN(C)CCCS(=O)O. The van der Waals surface area contributed by atoms with Crippen LogP contribution in [0, 0.1) is 0 Å². The Hall–Kier alpha value is 0.0300. The van der Waals surface area contributed by atoms with E-state index in [2.05, 4.69) is 9.80 Å². The molecule has 0 heterocycles. The van der Waals surface area contributed by atoms with Gasteiger partial charge in [-0.2, -0.15) is 0 Å². The Bertz CT molecular complexity index is 141. The Morgan fingerprint density at radius 3 is 2.33 bits per heavy atom. The average Bonchev–Trinajstić information content (AvgIpc) is 1.84. The molecule has 4 nitrogen and oxygen atoms in total. The molecule has 0 aromatic carbocycles. The zero-order valence-corrected chi connectivity index (χ0v) is 8.80. The Morgan fingerprint density at radius 1 is 1.33 bits per heavy atom. The Morgan fingerprint density at radius 2 is 1.92 bits per heavy atom. The van der Waals surface area contributed by atoms with E-state index >= 15 is 0 Å². The molecular weight excluding hydrogens is 176 g/mol. The first-order valence-electron chi connectivity index (χ1n) is 3.93. The van der Waals surface area contributed by atoms with Crippen LogP contribution in [0.2, 0.25) is 0 Å². The standard InChI is InChI=1S/C7H18N2O2S/c1-8(2)7-9(3)5-4-6-12(10)11/h4-7H2,1-3H3,(H,10,11). The average molecular weight is 194 g/mol. The Kier molecular flexibility index (Phi) is 6.55. The predicted molar refractivity (Wildman–Crippen MR) is 51.4 cm³/mol. The third-order valence-corrected chi connectivity index (χ3v) is 2.02. The van der Waals surface area contributed by atoms with Crippen LogP contribution in [0.25, 0.3) is 0 Å². The zero-order valence-electron chi connectivity index (χ0n) is 7.99. The van der Waals surface area contributed by atoms with Gasteiger partial charge in [0.05, 0.1) is 5.75 Å². The van der Waals surface area contributed by atoms with E-state index in [1.807, 2.05) is 21.1 Å². The molecule has 12 heavy (non-hydrogen) atoms. The van der Waals surface area contributed by atoms with Crippen molar-refractivity contribution in [3.8, 4) is 0 Å². The van der Waals surface area contributed by atoms with Crippen molar-refractivity contribution in [3.05, 3.63) is 0 Å². The van der Waals surface area contributed by atoms with Crippen molar-refractivity contribution in [2.45, 2.75) is 6.42 Å². The molecule has 74 valence electrons. The summed E-state index contributed by atoms with van der Waals surface area (Å²) in [6, 6.07) is 0. The molecular formula is C7H18N2O2S. The predicted octanol–water partition coefficient (Wildman–Crippen LogP) is 0.0491. The van der Waals surface area contributed by atoms with E-state index in [4.69, 9.17) is 4.55 Å². The molecule has 0 saturated carbocycles. The van der Waals surface area contributed by atoms with Crippen LogP contribution in [0.4, 0.5) is 0 Å². The van der Waals surface area contributed by atoms with Crippen LogP contribution < -0.4 is 0 Å². The fourth-order valence-electron chi connectivity index (χ4n) is 1.01. The fraction of sp³-hybridized carbons (Fsp3) is 1.00. The molecule has 1 atom stereocenters. The normalized spacial score (nSPS) is 14.2. The molecule has 0 aromatic heterocycles. The van der Waals surface area contributed by atoms with Crippen molar-refractivity contribution < 1.29 is 8.76 Å². The Balaban J connectivity index is 3.31. The highest BCUT2D eigenvalue weighted by atomic mass is 32.2.